The molecule has 0 atom stereocenters. The Balaban J connectivity index is 1.38. The van der Waals surface area contributed by atoms with Gasteiger partial charge in [0.1, 0.15) is 36.2 Å². The summed E-state index contributed by atoms with van der Waals surface area (Å²) in [6.07, 6.45) is 0. The molecular weight excluding hydrogens is 416 g/mol. The van der Waals surface area contributed by atoms with Gasteiger partial charge < -0.3 is 19.3 Å². The lowest BCUT2D eigenvalue weighted by molar-refractivity contribution is 0.0693. The molecule has 0 radical (unpaired) electrons. The van der Waals surface area contributed by atoms with Gasteiger partial charge in [-0.15, -0.1) is 0 Å². The maximum Gasteiger partial charge on any atom is 0.336 e. The molecule has 0 aliphatic carbocycles. The predicted molar refractivity (Wildman–Crippen MR) is 126 cm³/mol. The largest absolute Gasteiger partial charge is 0.489 e. The molecule has 0 spiro atoms. The fraction of sp³-hybridized carbons (Fsp3) is 0.107. The molecule has 0 bridgehead atoms. The minimum atomic E-state index is -0.956. The zero-order chi connectivity index (χ0) is 23.0. The van der Waals surface area contributed by atoms with Gasteiger partial charge >= 0.3 is 5.97 Å². The molecule has 0 amide bonds. The maximum absolute atomic E-state index is 11.6. The third-order valence-corrected chi connectivity index (χ3v) is 5.06. The molecule has 0 unspecified atom stereocenters. The minimum Gasteiger partial charge on any atom is -0.489 e. The number of aryl methyl sites for hydroxylation is 1. The van der Waals surface area contributed by atoms with Crippen LogP contribution in [0.2, 0.25) is 0 Å². The Hall–Kier alpha value is -4.25. The van der Waals surface area contributed by atoms with Crippen molar-refractivity contribution in [3.63, 3.8) is 0 Å². The molecule has 0 aromatic heterocycles. The molecule has 0 aliphatic rings. The highest BCUT2D eigenvalue weighted by atomic mass is 16.5. The molecule has 0 saturated heterocycles. The first-order valence-electron chi connectivity index (χ1n) is 10.6. The van der Waals surface area contributed by atoms with E-state index in [1.165, 1.54) is 0 Å². The van der Waals surface area contributed by atoms with E-state index in [0.29, 0.717) is 29.2 Å². The molecule has 4 aromatic rings. The first-order valence-corrected chi connectivity index (χ1v) is 10.6. The first-order chi connectivity index (χ1) is 16.1. The summed E-state index contributed by atoms with van der Waals surface area (Å²) in [5.74, 6) is 1.82. The monoisotopic (exact) mass is 440 g/mol. The lowest BCUT2D eigenvalue weighted by Gasteiger charge is -2.12. The van der Waals surface area contributed by atoms with Crippen LogP contribution in [-0.4, -0.2) is 11.1 Å². The predicted octanol–water partition coefficient (Wildman–Crippen LogP) is 6.64. The van der Waals surface area contributed by atoms with Crippen molar-refractivity contribution in [2.24, 2.45) is 0 Å². The molecule has 1 N–H and O–H groups in total. The third-order valence-electron chi connectivity index (χ3n) is 5.06. The number of carbonyl (C=O) groups is 1. The average molecular weight is 440 g/mol. The Morgan fingerprint density at radius 3 is 2.09 bits per heavy atom. The highest BCUT2D eigenvalue weighted by molar-refractivity contribution is 5.91. The van der Waals surface area contributed by atoms with E-state index in [9.17, 15) is 9.90 Å². The highest BCUT2D eigenvalue weighted by Crippen LogP contribution is 2.25. The smallest absolute Gasteiger partial charge is 0.336 e. The van der Waals surface area contributed by atoms with E-state index in [2.05, 4.69) is 0 Å². The summed E-state index contributed by atoms with van der Waals surface area (Å²) in [4.78, 5) is 11.6. The second kappa shape index (κ2) is 10.4. The van der Waals surface area contributed by atoms with Crippen LogP contribution in [0.4, 0.5) is 0 Å². The highest BCUT2D eigenvalue weighted by Gasteiger charge is 2.13. The first kappa shape index (κ1) is 22.0. The van der Waals surface area contributed by atoms with Gasteiger partial charge in [0, 0.05) is 11.6 Å². The third kappa shape index (κ3) is 5.92. The molecule has 33 heavy (non-hydrogen) atoms. The molecule has 4 rings (SSSR count). The molecule has 5 nitrogen and oxygen atoms in total. The number of ether oxygens (including phenoxy) is 3. The van der Waals surface area contributed by atoms with E-state index >= 15 is 0 Å². The SMILES string of the molecule is Cc1cccc(COc2cccc(OCc3cccc(Oc4ccccc4)c3)c2)c1C(=O)O. The summed E-state index contributed by atoms with van der Waals surface area (Å²) in [6, 6.07) is 30.0. The van der Waals surface area contributed by atoms with Crippen LogP contribution in [0.3, 0.4) is 0 Å². The summed E-state index contributed by atoms with van der Waals surface area (Å²) in [7, 11) is 0. The molecule has 5 heteroatoms. The van der Waals surface area contributed by atoms with Crippen molar-refractivity contribution in [2.75, 3.05) is 0 Å². The van der Waals surface area contributed by atoms with Gasteiger partial charge in [-0.3, -0.25) is 0 Å². The molecule has 4 aromatic carbocycles. The number of para-hydroxylation sites is 1. The topological polar surface area (TPSA) is 65.0 Å². The van der Waals surface area contributed by atoms with Crippen molar-refractivity contribution >= 4 is 5.97 Å². The van der Waals surface area contributed by atoms with Crippen LogP contribution >= 0.6 is 0 Å². The van der Waals surface area contributed by atoms with Crippen LogP contribution < -0.4 is 14.2 Å². The van der Waals surface area contributed by atoms with Gasteiger partial charge in [-0.25, -0.2) is 4.79 Å². The average Bonchev–Trinajstić information content (AvgIpc) is 2.82. The number of carboxylic acid groups (broad SMARTS) is 1. The Bertz CT molecular complexity index is 1230. The Morgan fingerprint density at radius 2 is 1.33 bits per heavy atom. The van der Waals surface area contributed by atoms with Crippen molar-refractivity contribution in [3.8, 4) is 23.0 Å². The summed E-state index contributed by atoms with van der Waals surface area (Å²) >= 11 is 0. The number of benzene rings is 4. The van der Waals surface area contributed by atoms with Crippen LogP contribution in [0.15, 0.2) is 97.1 Å². The quantitative estimate of drug-likeness (QED) is 0.316. The van der Waals surface area contributed by atoms with Crippen LogP contribution in [0.1, 0.15) is 27.0 Å². The standard InChI is InChI=1S/C28H24O5/c1-20-8-5-10-22(27(20)28(29)30)19-32-25-14-7-13-24(17-25)31-18-21-9-6-15-26(16-21)33-23-11-3-2-4-12-23/h2-17H,18-19H2,1H3,(H,29,30). The summed E-state index contributed by atoms with van der Waals surface area (Å²) in [5.41, 5.74) is 2.59. The van der Waals surface area contributed by atoms with Crippen molar-refractivity contribution in [2.45, 2.75) is 20.1 Å². The van der Waals surface area contributed by atoms with Crippen molar-refractivity contribution in [3.05, 3.63) is 119 Å². The lowest BCUT2D eigenvalue weighted by Crippen LogP contribution is -2.07. The Morgan fingerprint density at radius 1 is 0.697 bits per heavy atom. The van der Waals surface area contributed by atoms with E-state index in [1.54, 1.807) is 25.1 Å². The number of carboxylic acids is 1. The van der Waals surface area contributed by atoms with E-state index in [-0.39, 0.29) is 12.2 Å². The van der Waals surface area contributed by atoms with Gasteiger partial charge in [0.15, 0.2) is 0 Å². The van der Waals surface area contributed by atoms with Crippen molar-refractivity contribution in [1.82, 2.24) is 0 Å². The lowest BCUT2D eigenvalue weighted by atomic mass is 10.0. The van der Waals surface area contributed by atoms with E-state index in [1.807, 2.05) is 78.9 Å². The van der Waals surface area contributed by atoms with Crippen LogP contribution in [-0.2, 0) is 13.2 Å². The zero-order valence-electron chi connectivity index (χ0n) is 18.2. The molecule has 166 valence electrons. The number of hydrogen-bond acceptors (Lipinski definition) is 4. The van der Waals surface area contributed by atoms with Gasteiger partial charge in [-0.1, -0.05) is 54.6 Å². The number of rotatable bonds is 9. The molecule has 0 saturated carbocycles. The van der Waals surface area contributed by atoms with Gasteiger partial charge in [0.05, 0.1) is 5.56 Å². The van der Waals surface area contributed by atoms with E-state index in [4.69, 9.17) is 14.2 Å². The number of aromatic carboxylic acids is 1. The normalized spacial score (nSPS) is 10.5. The Labute approximate surface area is 192 Å². The molecule has 0 heterocycles. The zero-order valence-corrected chi connectivity index (χ0v) is 18.2. The molecule has 0 fully saturated rings. The second-order valence-electron chi connectivity index (χ2n) is 7.53. The van der Waals surface area contributed by atoms with Crippen LogP contribution in [0.5, 0.6) is 23.0 Å². The van der Waals surface area contributed by atoms with Gasteiger partial charge in [0.2, 0.25) is 0 Å². The molecule has 0 aliphatic heterocycles. The molecular formula is C28H24O5. The van der Waals surface area contributed by atoms with Gasteiger partial charge in [-0.2, -0.15) is 0 Å². The minimum absolute atomic E-state index is 0.158. The van der Waals surface area contributed by atoms with Gasteiger partial charge in [-0.05, 0) is 54.4 Å². The van der Waals surface area contributed by atoms with Crippen LogP contribution in [0, 0.1) is 6.92 Å². The Kier molecular flexibility index (Phi) is 6.90. The van der Waals surface area contributed by atoms with Gasteiger partial charge in [0.25, 0.3) is 0 Å². The van der Waals surface area contributed by atoms with Crippen LogP contribution in [0.25, 0.3) is 0 Å². The second-order valence-corrected chi connectivity index (χ2v) is 7.53. The van der Waals surface area contributed by atoms with Crippen molar-refractivity contribution in [1.29, 1.82) is 0 Å². The van der Waals surface area contributed by atoms with E-state index in [0.717, 1.165) is 17.1 Å². The van der Waals surface area contributed by atoms with E-state index < -0.39 is 5.97 Å². The fourth-order valence-corrected chi connectivity index (χ4v) is 3.46. The summed E-state index contributed by atoms with van der Waals surface area (Å²) in [5, 5.41) is 9.48. The maximum atomic E-state index is 11.6. The summed E-state index contributed by atoms with van der Waals surface area (Å²) < 4.78 is 17.7. The number of hydrogen-bond donors (Lipinski definition) is 1. The fourth-order valence-electron chi connectivity index (χ4n) is 3.46. The summed E-state index contributed by atoms with van der Waals surface area (Å²) in [6.45, 7) is 2.31. The van der Waals surface area contributed by atoms with Crippen molar-refractivity contribution < 1.29 is 24.1 Å².